The number of carbonyl (C=O) groups is 1. The van der Waals surface area contributed by atoms with Crippen molar-refractivity contribution in [3.05, 3.63) is 52.7 Å². The summed E-state index contributed by atoms with van der Waals surface area (Å²) in [7, 11) is 0. The molecule has 5 heteroatoms. The lowest BCUT2D eigenvalue weighted by molar-refractivity contribution is 0.102. The number of aryl methyl sites for hydroxylation is 1. The van der Waals surface area contributed by atoms with Crippen LogP contribution in [-0.4, -0.2) is 10.9 Å². The van der Waals surface area contributed by atoms with Crippen molar-refractivity contribution < 1.29 is 4.79 Å². The van der Waals surface area contributed by atoms with Crippen LogP contribution in [0.25, 0.3) is 0 Å². The minimum atomic E-state index is -0.230. The summed E-state index contributed by atoms with van der Waals surface area (Å²) in [6.45, 7) is 1.85. The van der Waals surface area contributed by atoms with Gasteiger partial charge in [0.2, 0.25) is 0 Å². The monoisotopic (exact) mass is 261 g/mol. The van der Waals surface area contributed by atoms with Crippen LogP contribution in [0.4, 0.5) is 11.5 Å². The smallest absolute Gasteiger partial charge is 0.256 e. The Kier molecular flexibility index (Phi) is 3.48. The van der Waals surface area contributed by atoms with Crippen LogP contribution in [0.5, 0.6) is 0 Å². The van der Waals surface area contributed by atoms with Gasteiger partial charge in [-0.3, -0.25) is 4.79 Å². The van der Waals surface area contributed by atoms with E-state index in [9.17, 15) is 4.79 Å². The molecule has 0 fully saturated rings. The number of pyridine rings is 1. The first kappa shape index (κ1) is 12.4. The van der Waals surface area contributed by atoms with Gasteiger partial charge in [-0.05, 0) is 42.8 Å². The van der Waals surface area contributed by atoms with Crippen molar-refractivity contribution in [3.8, 4) is 0 Å². The third-order valence-corrected chi connectivity index (χ3v) is 2.87. The molecule has 0 atom stereocenters. The minimum absolute atomic E-state index is 0.230. The van der Waals surface area contributed by atoms with Crippen LogP contribution in [0.3, 0.4) is 0 Å². The zero-order valence-electron chi connectivity index (χ0n) is 9.77. The molecule has 0 aliphatic carbocycles. The number of nitrogens with two attached hydrogens (primary N) is 1. The molecule has 18 heavy (non-hydrogen) atoms. The van der Waals surface area contributed by atoms with E-state index >= 15 is 0 Å². The van der Waals surface area contributed by atoms with Crippen molar-refractivity contribution in [2.75, 3.05) is 11.1 Å². The number of anilines is 2. The topological polar surface area (TPSA) is 68.0 Å². The van der Waals surface area contributed by atoms with Gasteiger partial charge >= 0.3 is 0 Å². The molecular formula is C13H12ClN3O. The third kappa shape index (κ3) is 2.78. The van der Waals surface area contributed by atoms with Crippen LogP contribution in [-0.2, 0) is 0 Å². The molecule has 1 aromatic carbocycles. The fourth-order valence-electron chi connectivity index (χ4n) is 1.45. The summed E-state index contributed by atoms with van der Waals surface area (Å²) >= 11 is 5.91. The van der Waals surface area contributed by atoms with E-state index < -0.39 is 0 Å². The third-order valence-electron chi connectivity index (χ3n) is 2.45. The number of carbonyl (C=O) groups excluding carboxylic acids is 1. The molecule has 4 nitrogen and oxygen atoms in total. The number of amides is 1. The van der Waals surface area contributed by atoms with E-state index in [-0.39, 0.29) is 5.91 Å². The molecule has 1 heterocycles. The molecule has 0 saturated carbocycles. The Hall–Kier alpha value is -2.07. The summed E-state index contributed by atoms with van der Waals surface area (Å²) in [5.74, 6) is 0.230. The molecule has 0 aliphatic rings. The number of nitrogens with one attached hydrogen (secondary N) is 1. The molecule has 0 spiro atoms. The normalized spacial score (nSPS) is 10.1. The number of hydrogen-bond donors (Lipinski definition) is 2. The van der Waals surface area contributed by atoms with Crippen molar-refractivity contribution in [3.63, 3.8) is 0 Å². The summed E-state index contributed by atoms with van der Waals surface area (Å²) < 4.78 is 0. The Morgan fingerprint density at radius 3 is 2.72 bits per heavy atom. The Morgan fingerprint density at radius 1 is 1.33 bits per heavy atom. The molecule has 0 radical (unpaired) electrons. The maximum Gasteiger partial charge on any atom is 0.256 e. The van der Waals surface area contributed by atoms with E-state index in [1.54, 1.807) is 30.3 Å². The SMILES string of the molecule is Cc1cc(C(=O)Nc2ccc(N)cn2)ccc1Cl. The van der Waals surface area contributed by atoms with E-state index in [0.29, 0.717) is 22.1 Å². The van der Waals surface area contributed by atoms with E-state index in [1.165, 1.54) is 6.20 Å². The van der Waals surface area contributed by atoms with Gasteiger partial charge in [-0.2, -0.15) is 0 Å². The second-order valence-corrected chi connectivity index (χ2v) is 4.30. The van der Waals surface area contributed by atoms with E-state index in [2.05, 4.69) is 10.3 Å². The maximum atomic E-state index is 11.9. The number of rotatable bonds is 2. The average Bonchev–Trinajstić information content (AvgIpc) is 2.35. The van der Waals surface area contributed by atoms with Crippen molar-refractivity contribution in [2.45, 2.75) is 6.92 Å². The molecular weight excluding hydrogens is 250 g/mol. The van der Waals surface area contributed by atoms with Gasteiger partial charge in [-0.15, -0.1) is 0 Å². The lowest BCUT2D eigenvalue weighted by Gasteiger charge is -2.06. The second-order valence-electron chi connectivity index (χ2n) is 3.89. The summed E-state index contributed by atoms with van der Waals surface area (Å²) in [5.41, 5.74) is 7.46. The Bertz CT molecular complexity index is 581. The lowest BCUT2D eigenvalue weighted by Crippen LogP contribution is -2.13. The van der Waals surface area contributed by atoms with E-state index in [4.69, 9.17) is 17.3 Å². The van der Waals surface area contributed by atoms with Gasteiger partial charge in [0, 0.05) is 10.6 Å². The number of benzene rings is 1. The minimum Gasteiger partial charge on any atom is -0.397 e. The number of hydrogen-bond acceptors (Lipinski definition) is 3. The van der Waals surface area contributed by atoms with Gasteiger partial charge in [-0.1, -0.05) is 11.6 Å². The fourth-order valence-corrected chi connectivity index (χ4v) is 1.57. The van der Waals surface area contributed by atoms with Crippen LogP contribution in [0, 0.1) is 6.92 Å². The van der Waals surface area contributed by atoms with Crippen molar-refractivity contribution in [1.82, 2.24) is 4.98 Å². The zero-order chi connectivity index (χ0) is 13.1. The predicted molar refractivity (Wildman–Crippen MR) is 72.8 cm³/mol. The standard InChI is InChI=1S/C13H12ClN3O/c1-8-6-9(2-4-11(8)14)13(18)17-12-5-3-10(15)7-16-12/h2-7H,15H2,1H3,(H,16,17,18). The number of nitrogens with zero attached hydrogens (tertiary/aromatic N) is 1. The molecule has 2 rings (SSSR count). The zero-order valence-corrected chi connectivity index (χ0v) is 10.5. The van der Waals surface area contributed by atoms with Crippen LogP contribution in [0.15, 0.2) is 36.5 Å². The van der Waals surface area contributed by atoms with Crippen molar-refractivity contribution >= 4 is 29.0 Å². The molecule has 0 bridgehead atoms. The molecule has 92 valence electrons. The van der Waals surface area contributed by atoms with Crippen LogP contribution >= 0.6 is 11.6 Å². The molecule has 1 aromatic heterocycles. The quantitative estimate of drug-likeness (QED) is 0.873. The molecule has 0 unspecified atom stereocenters. The van der Waals surface area contributed by atoms with Gasteiger partial charge in [-0.25, -0.2) is 4.98 Å². The van der Waals surface area contributed by atoms with Crippen molar-refractivity contribution in [1.29, 1.82) is 0 Å². The largest absolute Gasteiger partial charge is 0.397 e. The Balaban J connectivity index is 2.16. The fraction of sp³-hybridized carbons (Fsp3) is 0.0769. The molecule has 3 N–H and O–H groups in total. The van der Waals surface area contributed by atoms with Gasteiger partial charge < -0.3 is 11.1 Å². The molecule has 2 aromatic rings. The first-order valence-corrected chi connectivity index (χ1v) is 5.73. The predicted octanol–water partition coefficient (Wildman–Crippen LogP) is 2.88. The van der Waals surface area contributed by atoms with Crippen molar-refractivity contribution in [2.24, 2.45) is 0 Å². The van der Waals surface area contributed by atoms with Gasteiger partial charge in [0.1, 0.15) is 5.82 Å². The average molecular weight is 262 g/mol. The Labute approximate surface area is 110 Å². The highest BCUT2D eigenvalue weighted by molar-refractivity contribution is 6.31. The first-order chi connectivity index (χ1) is 8.56. The van der Waals surface area contributed by atoms with Gasteiger partial charge in [0.05, 0.1) is 11.9 Å². The first-order valence-electron chi connectivity index (χ1n) is 5.35. The summed E-state index contributed by atoms with van der Waals surface area (Å²) in [6.07, 6.45) is 1.49. The van der Waals surface area contributed by atoms with E-state index in [1.807, 2.05) is 6.92 Å². The molecule has 1 amide bonds. The second kappa shape index (κ2) is 5.06. The summed E-state index contributed by atoms with van der Waals surface area (Å²) in [4.78, 5) is 15.9. The van der Waals surface area contributed by atoms with Crippen LogP contribution in [0.1, 0.15) is 15.9 Å². The molecule has 0 aliphatic heterocycles. The summed E-state index contributed by atoms with van der Waals surface area (Å²) in [5, 5.41) is 3.32. The highest BCUT2D eigenvalue weighted by Gasteiger charge is 2.08. The number of halogens is 1. The Morgan fingerprint density at radius 2 is 2.11 bits per heavy atom. The summed E-state index contributed by atoms with van der Waals surface area (Å²) in [6, 6.07) is 8.42. The van der Waals surface area contributed by atoms with Gasteiger partial charge in [0.25, 0.3) is 5.91 Å². The highest BCUT2D eigenvalue weighted by atomic mass is 35.5. The van der Waals surface area contributed by atoms with Crippen LogP contribution in [0.2, 0.25) is 5.02 Å². The van der Waals surface area contributed by atoms with E-state index in [0.717, 1.165) is 5.56 Å². The molecule has 0 saturated heterocycles. The van der Waals surface area contributed by atoms with Crippen LogP contribution < -0.4 is 11.1 Å². The maximum absolute atomic E-state index is 11.9. The van der Waals surface area contributed by atoms with Gasteiger partial charge in [0.15, 0.2) is 0 Å². The lowest BCUT2D eigenvalue weighted by atomic mass is 10.1. The highest BCUT2D eigenvalue weighted by Crippen LogP contribution is 2.17. The number of nitrogen functional groups attached to an aromatic ring is 1. The number of aromatic nitrogens is 1.